The van der Waals surface area contributed by atoms with E-state index in [4.69, 9.17) is 12.6 Å². The Morgan fingerprint density at radius 3 is 2.52 bits per heavy atom. The number of aryl methyl sites for hydroxylation is 2. The highest BCUT2D eigenvalue weighted by molar-refractivity contribution is 6.32. The Hall–Kier alpha value is -3.46. The zero-order chi connectivity index (χ0) is 23.1. The van der Waals surface area contributed by atoms with Crippen LogP contribution < -0.4 is 0 Å². The molecule has 3 heteroatoms. The molecule has 0 unspecified atom stereocenters. The zero-order valence-electron chi connectivity index (χ0n) is 20.1. The SMILES string of the molecule is [2H]C([2H])([2H])c1cnc2c3ccccc3c3ccc4c5cccnc5oc4c3c2c1C([2H])([2H])[2H]. The van der Waals surface area contributed by atoms with Crippen LogP contribution in [0.15, 0.2) is 65.3 Å². The summed E-state index contributed by atoms with van der Waals surface area (Å²) in [7, 11) is 0. The fourth-order valence-corrected chi connectivity index (χ4v) is 4.03. The van der Waals surface area contributed by atoms with Crippen molar-refractivity contribution in [1.29, 1.82) is 0 Å². The molecule has 27 heavy (non-hydrogen) atoms. The molecule has 0 saturated carbocycles. The van der Waals surface area contributed by atoms with Gasteiger partial charge in [-0.05, 0) is 53.8 Å². The summed E-state index contributed by atoms with van der Waals surface area (Å²) < 4.78 is 55.0. The van der Waals surface area contributed by atoms with Gasteiger partial charge in [-0.25, -0.2) is 4.98 Å². The summed E-state index contributed by atoms with van der Waals surface area (Å²) in [5.74, 6) is 0. The van der Waals surface area contributed by atoms with Crippen LogP contribution in [0.25, 0.3) is 54.5 Å². The van der Waals surface area contributed by atoms with Gasteiger partial charge >= 0.3 is 0 Å². The molecule has 0 radical (unpaired) electrons. The normalized spacial score (nSPS) is 16.3. The second-order valence-electron chi connectivity index (χ2n) is 6.64. The van der Waals surface area contributed by atoms with Crippen molar-refractivity contribution < 1.29 is 12.6 Å². The molecule has 0 atom stereocenters. The Balaban J connectivity index is 2.02. The minimum atomic E-state index is -2.69. The molecule has 3 aromatic carbocycles. The van der Waals surface area contributed by atoms with E-state index in [9.17, 15) is 0 Å². The van der Waals surface area contributed by atoms with Crippen LogP contribution in [-0.2, 0) is 0 Å². The standard InChI is InChI=1S/C24H16N2O/c1-13-12-26-22-17-7-4-3-6-15(17)16-9-10-18-19-8-5-11-25-24(19)27-23(18)21(16)20(22)14(13)2/h3-12H,1-2H3/i1D3,2D3. The number of nitrogens with zero attached hydrogens (tertiary/aromatic N) is 2. The first-order valence-corrected chi connectivity index (χ1v) is 8.60. The summed E-state index contributed by atoms with van der Waals surface area (Å²) in [5.41, 5.74) is 0.823. The third kappa shape index (κ3) is 1.81. The van der Waals surface area contributed by atoms with E-state index in [1.54, 1.807) is 6.20 Å². The molecule has 0 N–H and O–H groups in total. The van der Waals surface area contributed by atoms with Crippen molar-refractivity contribution >= 4 is 54.5 Å². The van der Waals surface area contributed by atoms with Gasteiger partial charge in [0.2, 0.25) is 5.71 Å². The Morgan fingerprint density at radius 1 is 0.778 bits per heavy atom. The minimum absolute atomic E-state index is 0.218. The first kappa shape index (κ1) is 10.0. The smallest absolute Gasteiger partial charge is 0.227 e. The Labute approximate surface area is 163 Å². The van der Waals surface area contributed by atoms with Crippen molar-refractivity contribution in [3.63, 3.8) is 0 Å². The molecule has 0 aliphatic heterocycles. The lowest BCUT2D eigenvalue weighted by atomic mass is 9.92. The van der Waals surface area contributed by atoms with Crippen LogP contribution in [0.2, 0.25) is 0 Å². The van der Waals surface area contributed by atoms with Gasteiger partial charge in [0.25, 0.3) is 0 Å². The van der Waals surface area contributed by atoms with E-state index >= 15 is 0 Å². The summed E-state index contributed by atoms with van der Waals surface area (Å²) in [6.45, 7) is -5.33. The van der Waals surface area contributed by atoms with Gasteiger partial charge in [0.15, 0.2) is 0 Å². The lowest BCUT2D eigenvalue weighted by molar-refractivity contribution is 0.658. The van der Waals surface area contributed by atoms with Gasteiger partial charge in [-0.15, -0.1) is 0 Å². The quantitative estimate of drug-likeness (QED) is 0.294. The number of fused-ring (bicyclic) bond motifs is 10. The summed E-state index contributed by atoms with van der Waals surface area (Å²) in [6, 6.07) is 15.1. The predicted molar refractivity (Wildman–Crippen MR) is 111 cm³/mol. The van der Waals surface area contributed by atoms with Crippen molar-refractivity contribution in [2.24, 2.45) is 0 Å². The van der Waals surface area contributed by atoms with Crippen LogP contribution in [0, 0.1) is 13.7 Å². The van der Waals surface area contributed by atoms with Crippen molar-refractivity contribution in [2.45, 2.75) is 13.7 Å². The second kappa shape index (κ2) is 5.04. The first-order chi connectivity index (χ1) is 15.7. The lowest BCUT2D eigenvalue weighted by Crippen LogP contribution is -1.92. The predicted octanol–water partition coefficient (Wildman–Crippen LogP) is 6.45. The average Bonchev–Trinajstić information content (AvgIpc) is 3.15. The largest absolute Gasteiger partial charge is 0.437 e. The van der Waals surface area contributed by atoms with Gasteiger partial charge < -0.3 is 4.42 Å². The number of furan rings is 1. The summed E-state index contributed by atoms with van der Waals surface area (Å²) in [4.78, 5) is 8.81. The Kier molecular flexibility index (Phi) is 1.87. The number of pyridine rings is 2. The number of hydrogen-bond donors (Lipinski definition) is 0. The molecule has 0 saturated heterocycles. The van der Waals surface area contributed by atoms with Crippen molar-refractivity contribution in [2.75, 3.05) is 0 Å². The van der Waals surface area contributed by atoms with Crippen LogP contribution in [0.5, 0.6) is 0 Å². The van der Waals surface area contributed by atoms with E-state index in [-0.39, 0.29) is 16.5 Å². The van der Waals surface area contributed by atoms with Crippen LogP contribution in [0.1, 0.15) is 19.4 Å². The average molecular weight is 354 g/mol. The third-order valence-corrected chi connectivity index (χ3v) is 5.22. The minimum Gasteiger partial charge on any atom is -0.437 e. The number of rotatable bonds is 0. The molecule has 0 aliphatic carbocycles. The molecule has 6 rings (SSSR count). The molecule has 3 heterocycles. The number of hydrogen-bond acceptors (Lipinski definition) is 3. The zero-order valence-corrected chi connectivity index (χ0v) is 14.1. The number of aromatic nitrogens is 2. The number of benzene rings is 3. The maximum atomic E-state index is 8.29. The molecule has 128 valence electrons. The summed E-state index contributed by atoms with van der Waals surface area (Å²) in [6.07, 6.45) is 2.80. The van der Waals surface area contributed by atoms with Crippen molar-refractivity contribution in [3.05, 3.63) is 72.1 Å². The van der Waals surface area contributed by atoms with E-state index in [1.165, 1.54) is 6.20 Å². The van der Waals surface area contributed by atoms with Crippen molar-refractivity contribution in [3.8, 4) is 0 Å². The molecule has 0 fully saturated rings. The molecule has 3 aromatic heterocycles. The van der Waals surface area contributed by atoms with Crippen LogP contribution in [0.4, 0.5) is 0 Å². The van der Waals surface area contributed by atoms with Gasteiger partial charge in [-0.2, -0.15) is 0 Å². The third-order valence-electron chi connectivity index (χ3n) is 5.22. The maximum absolute atomic E-state index is 8.29. The molecule has 0 spiro atoms. The van der Waals surface area contributed by atoms with Crippen LogP contribution >= 0.6 is 0 Å². The molecule has 6 aromatic rings. The van der Waals surface area contributed by atoms with E-state index < -0.39 is 13.7 Å². The van der Waals surface area contributed by atoms with Gasteiger partial charge in [-0.3, -0.25) is 4.98 Å². The van der Waals surface area contributed by atoms with Gasteiger partial charge in [0.05, 0.1) is 5.52 Å². The van der Waals surface area contributed by atoms with E-state index in [0.717, 1.165) is 26.9 Å². The van der Waals surface area contributed by atoms with Crippen LogP contribution in [-0.4, -0.2) is 9.97 Å². The van der Waals surface area contributed by atoms with E-state index in [2.05, 4.69) is 9.97 Å². The molecule has 0 aliphatic rings. The first-order valence-electron chi connectivity index (χ1n) is 11.6. The summed E-state index contributed by atoms with van der Waals surface area (Å²) >= 11 is 0. The van der Waals surface area contributed by atoms with Crippen LogP contribution in [0.3, 0.4) is 0 Å². The maximum Gasteiger partial charge on any atom is 0.227 e. The van der Waals surface area contributed by atoms with Gasteiger partial charge in [0, 0.05) is 47.5 Å². The molecule has 0 bridgehead atoms. The Bertz CT molecular complexity index is 1750. The lowest BCUT2D eigenvalue weighted by Gasteiger charge is -2.13. The molecule has 0 amide bonds. The van der Waals surface area contributed by atoms with Crippen molar-refractivity contribution in [1.82, 2.24) is 9.97 Å². The second-order valence-corrected chi connectivity index (χ2v) is 6.64. The molecule has 3 nitrogen and oxygen atoms in total. The van der Waals surface area contributed by atoms with E-state index in [0.29, 0.717) is 22.2 Å². The summed E-state index contributed by atoms with van der Waals surface area (Å²) in [5, 5.41) is 4.77. The topological polar surface area (TPSA) is 38.9 Å². The highest BCUT2D eigenvalue weighted by atomic mass is 16.3. The van der Waals surface area contributed by atoms with Gasteiger partial charge in [0.1, 0.15) is 5.58 Å². The highest BCUT2D eigenvalue weighted by Gasteiger charge is 2.18. The highest BCUT2D eigenvalue weighted by Crippen LogP contribution is 2.42. The van der Waals surface area contributed by atoms with E-state index in [1.807, 2.05) is 48.5 Å². The fraction of sp³-hybridized carbons (Fsp3) is 0.0833. The molecular weight excluding hydrogens is 332 g/mol. The fourth-order valence-electron chi connectivity index (χ4n) is 4.03. The molecular formula is C24H16N2O. The monoisotopic (exact) mass is 354 g/mol. The Morgan fingerprint density at radius 2 is 1.63 bits per heavy atom. The van der Waals surface area contributed by atoms with Gasteiger partial charge in [-0.1, -0.05) is 30.3 Å².